The number of carbonyl (C=O) groups is 1. The molecule has 2 aromatic rings. The fourth-order valence-corrected chi connectivity index (χ4v) is 6.55. The Kier molecular flexibility index (Phi) is 5.33. The first kappa shape index (κ1) is 19.3. The highest BCUT2D eigenvalue weighted by Crippen LogP contribution is 2.34. The molecule has 0 radical (unpaired) electrons. The molecule has 1 aliphatic carbocycles. The summed E-state index contributed by atoms with van der Waals surface area (Å²) in [4.78, 5) is 14.7. The maximum Gasteiger partial charge on any atom is 0.265 e. The van der Waals surface area contributed by atoms with Gasteiger partial charge in [0.15, 0.2) is 0 Å². The number of hydrogen-bond acceptors (Lipinski definition) is 5. The molecule has 0 unspecified atom stereocenters. The highest BCUT2D eigenvalue weighted by atomic mass is 32.2. The summed E-state index contributed by atoms with van der Waals surface area (Å²) in [6, 6.07) is 6.48. The van der Waals surface area contributed by atoms with E-state index >= 15 is 0 Å². The molecule has 150 valence electrons. The first-order chi connectivity index (χ1) is 13.4. The van der Waals surface area contributed by atoms with E-state index < -0.39 is 10.0 Å². The van der Waals surface area contributed by atoms with Crippen molar-refractivity contribution in [3.8, 4) is 5.75 Å². The molecule has 1 aromatic carbocycles. The second-order valence-corrected chi connectivity index (χ2v) is 10.5. The third-order valence-corrected chi connectivity index (χ3v) is 8.44. The Hall–Kier alpha value is -2.06. The second kappa shape index (κ2) is 7.75. The number of sulfonamides is 1. The van der Waals surface area contributed by atoms with Gasteiger partial charge in [0.25, 0.3) is 5.91 Å². The summed E-state index contributed by atoms with van der Waals surface area (Å²) < 4.78 is 25.6. The molecule has 0 bridgehead atoms. The number of hydrogen-bond donors (Lipinski definition) is 2. The van der Waals surface area contributed by atoms with Crippen molar-refractivity contribution in [2.24, 2.45) is 0 Å². The third-order valence-electron chi connectivity index (χ3n) is 5.34. The minimum atomic E-state index is -3.32. The number of nitrogens with zero attached hydrogens (tertiary/aromatic N) is 1. The zero-order valence-electron chi connectivity index (χ0n) is 15.6. The molecule has 8 heteroatoms. The highest BCUT2D eigenvalue weighted by Gasteiger charge is 2.29. The molecule has 2 N–H and O–H groups in total. The van der Waals surface area contributed by atoms with Crippen LogP contribution in [0.2, 0.25) is 0 Å². The summed E-state index contributed by atoms with van der Waals surface area (Å²) in [7, 11) is -3.32. The molecule has 1 aliphatic heterocycles. The van der Waals surface area contributed by atoms with Gasteiger partial charge in [-0.15, -0.1) is 11.3 Å². The lowest BCUT2D eigenvalue weighted by Gasteiger charge is -2.18. The van der Waals surface area contributed by atoms with E-state index in [4.69, 9.17) is 0 Å². The largest absolute Gasteiger partial charge is 0.506 e. The highest BCUT2D eigenvalue weighted by molar-refractivity contribution is 7.93. The van der Waals surface area contributed by atoms with Crippen LogP contribution < -0.4 is 9.62 Å². The van der Waals surface area contributed by atoms with Crippen LogP contribution in [0.3, 0.4) is 0 Å². The monoisotopic (exact) mass is 420 g/mol. The van der Waals surface area contributed by atoms with E-state index in [0.717, 1.165) is 25.7 Å². The molecule has 0 saturated carbocycles. The number of aromatic hydroxyl groups is 1. The topological polar surface area (TPSA) is 86.7 Å². The van der Waals surface area contributed by atoms with Crippen LogP contribution >= 0.6 is 11.3 Å². The molecular weight excluding hydrogens is 396 g/mol. The van der Waals surface area contributed by atoms with Gasteiger partial charge >= 0.3 is 0 Å². The predicted octanol–water partition coefficient (Wildman–Crippen LogP) is 3.90. The van der Waals surface area contributed by atoms with E-state index in [1.165, 1.54) is 51.1 Å². The van der Waals surface area contributed by atoms with E-state index in [0.29, 0.717) is 23.5 Å². The van der Waals surface area contributed by atoms with Crippen LogP contribution in [0.25, 0.3) is 0 Å². The summed E-state index contributed by atoms with van der Waals surface area (Å²) in [5, 5.41) is 12.9. The fraction of sp³-hybridized carbons (Fsp3) is 0.450. The smallest absolute Gasteiger partial charge is 0.265 e. The molecule has 2 aliphatic rings. The Morgan fingerprint density at radius 3 is 2.61 bits per heavy atom. The third kappa shape index (κ3) is 3.89. The Bertz CT molecular complexity index is 972. The lowest BCUT2D eigenvalue weighted by Crippen LogP contribution is -2.25. The van der Waals surface area contributed by atoms with Gasteiger partial charge in [0.2, 0.25) is 10.0 Å². The number of nitrogens with one attached hydrogen (secondary N) is 1. The molecule has 28 heavy (non-hydrogen) atoms. The normalized spacial score (nSPS) is 18.9. The maximum atomic E-state index is 12.8. The van der Waals surface area contributed by atoms with Gasteiger partial charge in [0.1, 0.15) is 5.75 Å². The minimum Gasteiger partial charge on any atom is -0.506 e. The molecule has 1 saturated heterocycles. The Labute approximate surface area is 169 Å². The molecular formula is C20H24N2O4S2. The average Bonchev–Trinajstić information content (AvgIpc) is 3.19. The van der Waals surface area contributed by atoms with Gasteiger partial charge < -0.3 is 10.4 Å². The fourth-order valence-electron chi connectivity index (χ4n) is 3.85. The van der Waals surface area contributed by atoms with Crippen molar-refractivity contribution in [1.82, 2.24) is 0 Å². The van der Waals surface area contributed by atoms with Crippen LogP contribution in [-0.2, 0) is 22.9 Å². The van der Waals surface area contributed by atoms with Crippen molar-refractivity contribution in [3.63, 3.8) is 0 Å². The lowest BCUT2D eigenvalue weighted by molar-refractivity contribution is 0.103. The van der Waals surface area contributed by atoms with Gasteiger partial charge in [-0.25, -0.2) is 8.42 Å². The van der Waals surface area contributed by atoms with E-state index in [2.05, 4.69) is 5.32 Å². The number of phenols is 1. The average molecular weight is 421 g/mol. The molecule has 1 amide bonds. The number of fused-ring (bicyclic) bond motifs is 1. The van der Waals surface area contributed by atoms with Gasteiger partial charge in [-0.3, -0.25) is 9.10 Å². The lowest BCUT2D eigenvalue weighted by atomic mass is 10.00. The van der Waals surface area contributed by atoms with Crippen molar-refractivity contribution in [3.05, 3.63) is 39.6 Å². The summed E-state index contributed by atoms with van der Waals surface area (Å²) in [5.41, 5.74) is 1.95. The molecule has 0 atom stereocenters. The number of thiophene rings is 1. The van der Waals surface area contributed by atoms with Gasteiger partial charge in [0.05, 0.1) is 22.0 Å². The number of aryl methyl sites for hydroxylation is 2. The van der Waals surface area contributed by atoms with E-state index in [9.17, 15) is 18.3 Å². The van der Waals surface area contributed by atoms with Crippen molar-refractivity contribution < 1.29 is 18.3 Å². The molecule has 6 nitrogen and oxygen atoms in total. The zero-order valence-corrected chi connectivity index (χ0v) is 17.2. The minimum absolute atomic E-state index is 0.0800. The van der Waals surface area contributed by atoms with Crippen LogP contribution in [0.15, 0.2) is 24.3 Å². The number of benzene rings is 1. The summed E-state index contributed by atoms with van der Waals surface area (Å²) in [6.45, 7) is 0.415. The van der Waals surface area contributed by atoms with E-state index in [-0.39, 0.29) is 23.1 Å². The Morgan fingerprint density at radius 2 is 1.86 bits per heavy atom. The van der Waals surface area contributed by atoms with Gasteiger partial charge in [-0.05, 0) is 61.9 Å². The van der Waals surface area contributed by atoms with Crippen molar-refractivity contribution >= 4 is 38.6 Å². The number of carbonyl (C=O) groups excluding carboxylic acids is 1. The first-order valence-electron chi connectivity index (χ1n) is 9.70. The first-order valence-corrected chi connectivity index (χ1v) is 12.1. The van der Waals surface area contributed by atoms with E-state index in [1.807, 2.05) is 6.07 Å². The molecule has 0 spiro atoms. The van der Waals surface area contributed by atoms with Gasteiger partial charge in [0, 0.05) is 11.4 Å². The molecule has 1 aromatic heterocycles. The molecule has 4 rings (SSSR count). The number of phenolic OH excluding ortho intramolecular Hbond substituents is 1. The van der Waals surface area contributed by atoms with Crippen LogP contribution in [0.4, 0.5) is 11.4 Å². The summed E-state index contributed by atoms with van der Waals surface area (Å²) in [6.07, 6.45) is 7.37. The van der Waals surface area contributed by atoms with Crippen LogP contribution in [0.1, 0.15) is 52.2 Å². The van der Waals surface area contributed by atoms with Crippen LogP contribution in [0.5, 0.6) is 5.75 Å². The Balaban J connectivity index is 1.56. The second-order valence-electron chi connectivity index (χ2n) is 7.37. The Morgan fingerprint density at radius 1 is 1.07 bits per heavy atom. The van der Waals surface area contributed by atoms with Gasteiger partial charge in [-0.2, -0.15) is 0 Å². The summed E-state index contributed by atoms with van der Waals surface area (Å²) in [5.74, 6) is -0.229. The number of anilines is 2. The zero-order chi connectivity index (χ0) is 19.7. The number of amides is 1. The van der Waals surface area contributed by atoms with Crippen molar-refractivity contribution in [2.75, 3.05) is 21.9 Å². The quantitative estimate of drug-likeness (QED) is 0.737. The summed E-state index contributed by atoms with van der Waals surface area (Å²) >= 11 is 1.52. The maximum absolute atomic E-state index is 12.8. The van der Waals surface area contributed by atoms with Crippen LogP contribution in [0, 0.1) is 0 Å². The van der Waals surface area contributed by atoms with Gasteiger partial charge in [-0.1, -0.05) is 12.8 Å². The predicted molar refractivity (Wildman–Crippen MR) is 112 cm³/mol. The standard InChI is InChI=1S/C20H24N2O4S2/c23-17-9-8-15(22-10-5-11-28(22,25)26)13-16(17)21-20(24)19-12-14-6-3-1-2-4-7-18(14)27-19/h8-9,12-13,23H,1-7,10-11H2,(H,21,24). The van der Waals surface area contributed by atoms with Crippen molar-refractivity contribution in [2.45, 2.75) is 44.9 Å². The number of rotatable bonds is 3. The van der Waals surface area contributed by atoms with Crippen molar-refractivity contribution in [1.29, 1.82) is 0 Å². The molecule has 2 heterocycles. The molecule has 1 fully saturated rings. The van der Waals surface area contributed by atoms with Crippen LogP contribution in [-0.4, -0.2) is 31.7 Å². The van der Waals surface area contributed by atoms with E-state index in [1.54, 1.807) is 6.07 Å². The SMILES string of the molecule is O=C(Nc1cc(N2CCCS2(=O)=O)ccc1O)c1cc2c(s1)CCCCCC2.